The molecule has 0 bridgehead atoms. The molecule has 4 nitrogen and oxygen atoms in total. The number of nitrogens with one attached hydrogen (secondary N) is 2. The van der Waals surface area contributed by atoms with Crippen LogP contribution in [0.3, 0.4) is 0 Å². The van der Waals surface area contributed by atoms with Crippen LogP contribution in [0.1, 0.15) is 33.6 Å². The Kier molecular flexibility index (Phi) is 5.79. The van der Waals surface area contributed by atoms with Crippen LogP contribution >= 0.6 is 12.2 Å². The lowest BCUT2D eigenvalue weighted by Crippen LogP contribution is -2.39. The van der Waals surface area contributed by atoms with Gasteiger partial charge in [0.15, 0.2) is 5.11 Å². The summed E-state index contributed by atoms with van der Waals surface area (Å²) in [7, 11) is 0. The minimum Gasteiger partial charge on any atom is -0.362 e. The van der Waals surface area contributed by atoms with E-state index in [1.54, 1.807) is 0 Å². The van der Waals surface area contributed by atoms with E-state index in [0.29, 0.717) is 5.11 Å². The van der Waals surface area contributed by atoms with E-state index in [-0.39, 0.29) is 0 Å². The largest absolute Gasteiger partial charge is 0.362 e. The van der Waals surface area contributed by atoms with Crippen molar-refractivity contribution in [3.05, 3.63) is 18.3 Å². The van der Waals surface area contributed by atoms with E-state index in [0.717, 1.165) is 49.4 Å². The fourth-order valence-electron chi connectivity index (χ4n) is 2.91. The smallest absolute Gasteiger partial charge is 0.170 e. The van der Waals surface area contributed by atoms with Crippen molar-refractivity contribution < 1.29 is 0 Å². The summed E-state index contributed by atoms with van der Waals surface area (Å²) in [5.74, 6) is 2.53. The number of nitrogens with zero attached hydrogens (tertiary/aromatic N) is 2. The Labute approximate surface area is 133 Å². The van der Waals surface area contributed by atoms with E-state index < -0.39 is 0 Å². The number of hydrogen-bond acceptors (Lipinski definition) is 3. The van der Waals surface area contributed by atoms with Crippen molar-refractivity contribution in [2.24, 2.45) is 11.8 Å². The SMILES string of the molecule is CCCNC(=S)Nc1ccc(N2C[C@H](C)C[C@@H](C)C2)nc1. The van der Waals surface area contributed by atoms with Gasteiger partial charge in [0.2, 0.25) is 0 Å². The van der Waals surface area contributed by atoms with Crippen LogP contribution in [-0.4, -0.2) is 29.7 Å². The van der Waals surface area contributed by atoms with E-state index in [1.165, 1.54) is 6.42 Å². The molecule has 1 fully saturated rings. The number of thiocarbonyl (C=S) groups is 1. The lowest BCUT2D eigenvalue weighted by molar-refractivity contribution is 0.355. The molecule has 1 saturated heterocycles. The molecular formula is C16H26N4S. The second-order valence-corrected chi connectivity index (χ2v) is 6.55. The summed E-state index contributed by atoms with van der Waals surface area (Å²) in [6, 6.07) is 4.13. The van der Waals surface area contributed by atoms with E-state index in [1.807, 2.05) is 12.3 Å². The molecule has 0 radical (unpaired) electrons. The Morgan fingerprint density at radius 1 is 1.33 bits per heavy atom. The number of pyridine rings is 1. The molecule has 1 aromatic heterocycles. The van der Waals surface area contributed by atoms with Crippen molar-refractivity contribution >= 4 is 28.8 Å². The molecular weight excluding hydrogens is 280 g/mol. The van der Waals surface area contributed by atoms with Crippen molar-refractivity contribution in [3.8, 4) is 0 Å². The number of rotatable bonds is 4. The molecule has 0 amide bonds. The van der Waals surface area contributed by atoms with Gasteiger partial charge in [-0.2, -0.15) is 0 Å². The molecule has 116 valence electrons. The Hall–Kier alpha value is -1.36. The monoisotopic (exact) mass is 306 g/mol. The summed E-state index contributed by atoms with van der Waals surface area (Å²) in [4.78, 5) is 6.97. The fourth-order valence-corrected chi connectivity index (χ4v) is 3.13. The Bertz CT molecular complexity index is 450. The van der Waals surface area contributed by atoms with E-state index in [4.69, 9.17) is 12.2 Å². The van der Waals surface area contributed by atoms with Gasteiger partial charge in [-0.15, -0.1) is 0 Å². The van der Waals surface area contributed by atoms with Gasteiger partial charge in [0.25, 0.3) is 0 Å². The molecule has 0 unspecified atom stereocenters. The summed E-state index contributed by atoms with van der Waals surface area (Å²) in [5.41, 5.74) is 0.936. The van der Waals surface area contributed by atoms with Crippen molar-refractivity contribution in [3.63, 3.8) is 0 Å². The van der Waals surface area contributed by atoms with Gasteiger partial charge < -0.3 is 15.5 Å². The van der Waals surface area contributed by atoms with Gasteiger partial charge in [-0.05, 0) is 49.0 Å². The molecule has 5 heteroatoms. The van der Waals surface area contributed by atoms with Crippen LogP contribution < -0.4 is 15.5 Å². The van der Waals surface area contributed by atoms with Gasteiger partial charge in [-0.3, -0.25) is 0 Å². The Morgan fingerprint density at radius 3 is 2.62 bits per heavy atom. The van der Waals surface area contributed by atoms with Crippen LogP contribution in [0.5, 0.6) is 0 Å². The van der Waals surface area contributed by atoms with Crippen LogP contribution in [0.25, 0.3) is 0 Å². The quantitative estimate of drug-likeness (QED) is 0.836. The fraction of sp³-hybridized carbons (Fsp3) is 0.625. The highest BCUT2D eigenvalue weighted by molar-refractivity contribution is 7.80. The van der Waals surface area contributed by atoms with Gasteiger partial charge in [0.1, 0.15) is 5.82 Å². The lowest BCUT2D eigenvalue weighted by Gasteiger charge is -2.35. The molecule has 0 aromatic carbocycles. The molecule has 0 spiro atoms. The molecule has 0 aliphatic carbocycles. The van der Waals surface area contributed by atoms with Crippen LogP contribution in [0, 0.1) is 11.8 Å². The third-order valence-corrected chi connectivity index (χ3v) is 3.98. The molecule has 2 rings (SSSR count). The normalized spacial score (nSPS) is 22.0. The molecule has 2 atom stereocenters. The standard InChI is InChI=1S/C16H26N4S/c1-4-7-17-16(21)19-14-5-6-15(18-9-14)20-10-12(2)8-13(3)11-20/h5-6,9,12-13H,4,7-8,10-11H2,1-3H3,(H2,17,19,21)/t12-,13-/m1/s1. The average Bonchev–Trinajstić information content (AvgIpc) is 2.45. The summed E-state index contributed by atoms with van der Waals surface area (Å²) < 4.78 is 0. The summed E-state index contributed by atoms with van der Waals surface area (Å²) in [6.45, 7) is 9.83. The maximum absolute atomic E-state index is 5.23. The van der Waals surface area contributed by atoms with Gasteiger partial charge >= 0.3 is 0 Å². The third kappa shape index (κ3) is 4.84. The summed E-state index contributed by atoms with van der Waals surface area (Å²) in [6.07, 6.45) is 4.23. The van der Waals surface area contributed by atoms with Crippen molar-refractivity contribution in [1.82, 2.24) is 10.3 Å². The molecule has 0 saturated carbocycles. The maximum atomic E-state index is 5.23. The molecule has 1 aromatic rings. The molecule has 1 aliphatic heterocycles. The first-order valence-electron chi connectivity index (χ1n) is 7.84. The zero-order chi connectivity index (χ0) is 15.2. The molecule has 2 heterocycles. The van der Waals surface area contributed by atoms with Gasteiger partial charge in [0, 0.05) is 19.6 Å². The maximum Gasteiger partial charge on any atom is 0.170 e. The van der Waals surface area contributed by atoms with E-state index in [9.17, 15) is 0 Å². The first-order chi connectivity index (χ1) is 10.1. The van der Waals surface area contributed by atoms with Crippen LogP contribution in [0.15, 0.2) is 18.3 Å². The predicted octanol–water partition coefficient (Wildman–Crippen LogP) is 3.26. The Morgan fingerprint density at radius 2 is 2.05 bits per heavy atom. The molecule has 2 N–H and O–H groups in total. The van der Waals surface area contributed by atoms with Crippen molar-refractivity contribution in [1.29, 1.82) is 0 Å². The predicted molar refractivity (Wildman–Crippen MR) is 93.9 cm³/mol. The van der Waals surface area contributed by atoms with Gasteiger partial charge in [-0.25, -0.2) is 4.98 Å². The van der Waals surface area contributed by atoms with Gasteiger partial charge in [-0.1, -0.05) is 20.8 Å². The number of hydrogen-bond donors (Lipinski definition) is 2. The van der Waals surface area contributed by atoms with Crippen LogP contribution in [-0.2, 0) is 0 Å². The zero-order valence-corrected chi connectivity index (χ0v) is 14.0. The minimum atomic E-state index is 0.659. The third-order valence-electron chi connectivity index (χ3n) is 3.73. The molecule has 21 heavy (non-hydrogen) atoms. The highest BCUT2D eigenvalue weighted by atomic mass is 32.1. The Balaban J connectivity index is 1.94. The molecule has 1 aliphatic rings. The summed E-state index contributed by atoms with van der Waals surface area (Å²) in [5, 5.41) is 6.98. The highest BCUT2D eigenvalue weighted by Crippen LogP contribution is 2.25. The van der Waals surface area contributed by atoms with Gasteiger partial charge in [0.05, 0.1) is 11.9 Å². The lowest BCUT2D eigenvalue weighted by atomic mass is 9.92. The van der Waals surface area contributed by atoms with Crippen LogP contribution in [0.4, 0.5) is 11.5 Å². The number of piperidine rings is 1. The first kappa shape index (κ1) is 16.0. The second-order valence-electron chi connectivity index (χ2n) is 6.14. The zero-order valence-electron chi connectivity index (χ0n) is 13.2. The van der Waals surface area contributed by atoms with E-state index in [2.05, 4.69) is 47.4 Å². The topological polar surface area (TPSA) is 40.2 Å². The van der Waals surface area contributed by atoms with Crippen molar-refractivity contribution in [2.45, 2.75) is 33.6 Å². The second kappa shape index (κ2) is 7.59. The number of aromatic nitrogens is 1. The number of anilines is 2. The minimum absolute atomic E-state index is 0.659. The van der Waals surface area contributed by atoms with E-state index >= 15 is 0 Å². The van der Waals surface area contributed by atoms with Crippen molar-refractivity contribution in [2.75, 3.05) is 29.9 Å². The highest BCUT2D eigenvalue weighted by Gasteiger charge is 2.22. The van der Waals surface area contributed by atoms with Crippen LogP contribution in [0.2, 0.25) is 0 Å². The first-order valence-corrected chi connectivity index (χ1v) is 8.25. The average molecular weight is 306 g/mol. The summed E-state index contributed by atoms with van der Waals surface area (Å²) >= 11 is 5.23.